The van der Waals surface area contributed by atoms with Gasteiger partial charge < -0.3 is 10.2 Å². The van der Waals surface area contributed by atoms with Gasteiger partial charge in [-0.3, -0.25) is 14.4 Å². The standard InChI is InChI=1S/C12H11NO5/c14-9(5-6-10(15)16)13-11(17)7-3-1-2-4-8(7)12(13)18/h1-4,9,14H,5-6H2,(H,15,16)/t9-/m0/s1. The largest absolute Gasteiger partial charge is 0.481 e. The number of imide groups is 1. The molecular weight excluding hydrogens is 238 g/mol. The molecule has 94 valence electrons. The third-order valence-electron chi connectivity index (χ3n) is 2.74. The summed E-state index contributed by atoms with van der Waals surface area (Å²) in [7, 11) is 0. The molecule has 2 rings (SSSR count). The monoisotopic (exact) mass is 249 g/mol. The van der Waals surface area contributed by atoms with Gasteiger partial charge in [0.25, 0.3) is 11.8 Å². The lowest BCUT2D eigenvalue weighted by Gasteiger charge is -2.20. The lowest BCUT2D eigenvalue weighted by atomic mass is 10.1. The van der Waals surface area contributed by atoms with E-state index in [2.05, 4.69) is 0 Å². The molecular formula is C12H11NO5. The molecule has 0 saturated carbocycles. The maximum atomic E-state index is 11.9. The number of hydrogen-bond donors (Lipinski definition) is 2. The molecule has 18 heavy (non-hydrogen) atoms. The fraction of sp³-hybridized carbons (Fsp3) is 0.250. The van der Waals surface area contributed by atoms with Gasteiger partial charge in [-0.1, -0.05) is 12.1 Å². The highest BCUT2D eigenvalue weighted by Gasteiger charge is 2.38. The number of rotatable bonds is 4. The van der Waals surface area contributed by atoms with Crippen LogP contribution in [-0.4, -0.2) is 39.1 Å². The lowest BCUT2D eigenvalue weighted by molar-refractivity contribution is -0.138. The molecule has 2 amide bonds. The molecule has 1 aliphatic heterocycles. The molecule has 6 heteroatoms. The molecule has 0 radical (unpaired) electrons. The topological polar surface area (TPSA) is 94.9 Å². The normalized spacial score (nSPS) is 15.7. The van der Waals surface area contributed by atoms with E-state index >= 15 is 0 Å². The maximum absolute atomic E-state index is 11.9. The summed E-state index contributed by atoms with van der Waals surface area (Å²) in [4.78, 5) is 34.9. The van der Waals surface area contributed by atoms with Crippen molar-refractivity contribution in [2.24, 2.45) is 0 Å². The number of carbonyl (C=O) groups is 3. The summed E-state index contributed by atoms with van der Waals surface area (Å²) in [6.45, 7) is 0. The van der Waals surface area contributed by atoms with Crippen molar-refractivity contribution in [3.8, 4) is 0 Å². The number of carbonyl (C=O) groups excluding carboxylic acids is 2. The number of fused-ring (bicyclic) bond motifs is 1. The zero-order chi connectivity index (χ0) is 13.3. The van der Waals surface area contributed by atoms with E-state index in [0.717, 1.165) is 0 Å². The highest BCUT2D eigenvalue weighted by Crippen LogP contribution is 2.24. The minimum atomic E-state index is -1.41. The second-order valence-electron chi connectivity index (χ2n) is 3.94. The fourth-order valence-corrected chi connectivity index (χ4v) is 1.86. The first kappa shape index (κ1) is 12.3. The van der Waals surface area contributed by atoms with Gasteiger partial charge in [0.1, 0.15) is 6.23 Å². The van der Waals surface area contributed by atoms with Crippen LogP contribution in [0.3, 0.4) is 0 Å². The van der Waals surface area contributed by atoms with Crippen molar-refractivity contribution in [2.45, 2.75) is 19.1 Å². The van der Waals surface area contributed by atoms with Crippen LogP contribution in [0.15, 0.2) is 24.3 Å². The number of carboxylic acids is 1. The Balaban J connectivity index is 2.20. The van der Waals surface area contributed by atoms with Crippen molar-refractivity contribution >= 4 is 17.8 Å². The molecule has 0 aromatic heterocycles. The average Bonchev–Trinajstić information content (AvgIpc) is 2.60. The number of aliphatic hydroxyl groups is 1. The van der Waals surface area contributed by atoms with Gasteiger partial charge in [-0.15, -0.1) is 0 Å². The first-order chi connectivity index (χ1) is 8.52. The number of hydrogen-bond acceptors (Lipinski definition) is 4. The summed E-state index contributed by atoms with van der Waals surface area (Å²) in [5.74, 6) is -2.27. The lowest BCUT2D eigenvalue weighted by Crippen LogP contribution is -2.40. The second-order valence-corrected chi connectivity index (χ2v) is 3.94. The molecule has 0 aliphatic carbocycles. The Labute approximate surface area is 102 Å². The fourth-order valence-electron chi connectivity index (χ4n) is 1.86. The first-order valence-electron chi connectivity index (χ1n) is 5.39. The van der Waals surface area contributed by atoms with E-state index in [-0.39, 0.29) is 24.0 Å². The minimum absolute atomic E-state index is 0.180. The van der Waals surface area contributed by atoms with Crippen molar-refractivity contribution in [2.75, 3.05) is 0 Å². The molecule has 0 unspecified atom stereocenters. The third kappa shape index (κ3) is 1.98. The van der Waals surface area contributed by atoms with Gasteiger partial charge in [-0.05, 0) is 12.1 Å². The number of nitrogens with zero attached hydrogens (tertiary/aromatic N) is 1. The maximum Gasteiger partial charge on any atom is 0.303 e. The summed E-state index contributed by atoms with van der Waals surface area (Å²) in [6.07, 6.45) is -1.90. The number of carboxylic acid groups (broad SMARTS) is 1. The Kier molecular flexibility index (Phi) is 3.12. The Morgan fingerprint density at radius 3 is 2.11 bits per heavy atom. The molecule has 1 atom stereocenters. The summed E-state index contributed by atoms with van der Waals surface area (Å²) < 4.78 is 0. The van der Waals surface area contributed by atoms with Gasteiger partial charge in [-0.25, -0.2) is 4.90 Å². The van der Waals surface area contributed by atoms with E-state index < -0.39 is 24.0 Å². The Bertz CT molecular complexity index is 490. The quantitative estimate of drug-likeness (QED) is 0.756. The third-order valence-corrected chi connectivity index (χ3v) is 2.74. The summed E-state index contributed by atoms with van der Waals surface area (Å²) in [5, 5.41) is 18.2. The highest BCUT2D eigenvalue weighted by molar-refractivity contribution is 6.21. The summed E-state index contributed by atoms with van der Waals surface area (Å²) in [5.41, 5.74) is 0.466. The number of aliphatic hydroxyl groups excluding tert-OH is 1. The van der Waals surface area contributed by atoms with E-state index in [0.29, 0.717) is 4.90 Å². The molecule has 0 bridgehead atoms. The number of benzene rings is 1. The Hall–Kier alpha value is -2.21. The minimum Gasteiger partial charge on any atom is -0.481 e. The van der Waals surface area contributed by atoms with Crippen LogP contribution in [0.4, 0.5) is 0 Å². The Morgan fingerprint density at radius 1 is 1.17 bits per heavy atom. The van der Waals surface area contributed by atoms with Crippen LogP contribution < -0.4 is 0 Å². The molecule has 0 fully saturated rings. The SMILES string of the molecule is O=C(O)CC[C@H](O)N1C(=O)c2ccccc2C1=O. The van der Waals surface area contributed by atoms with E-state index in [1.54, 1.807) is 12.1 Å². The van der Waals surface area contributed by atoms with Crippen molar-refractivity contribution < 1.29 is 24.6 Å². The van der Waals surface area contributed by atoms with Crippen molar-refractivity contribution in [1.29, 1.82) is 0 Å². The smallest absolute Gasteiger partial charge is 0.303 e. The average molecular weight is 249 g/mol. The van der Waals surface area contributed by atoms with E-state index in [9.17, 15) is 19.5 Å². The summed E-state index contributed by atoms with van der Waals surface area (Å²) >= 11 is 0. The van der Waals surface area contributed by atoms with Gasteiger partial charge >= 0.3 is 5.97 Å². The predicted octanol–water partition coefficient (Wildman–Crippen LogP) is 0.466. The zero-order valence-electron chi connectivity index (χ0n) is 9.37. The van der Waals surface area contributed by atoms with Crippen LogP contribution in [0.25, 0.3) is 0 Å². The number of aliphatic carboxylic acids is 1. The van der Waals surface area contributed by atoms with E-state index in [1.165, 1.54) is 12.1 Å². The molecule has 1 heterocycles. The van der Waals surface area contributed by atoms with Gasteiger partial charge in [-0.2, -0.15) is 0 Å². The Morgan fingerprint density at radius 2 is 1.67 bits per heavy atom. The van der Waals surface area contributed by atoms with Crippen molar-refractivity contribution in [3.63, 3.8) is 0 Å². The molecule has 1 aromatic rings. The molecule has 1 aliphatic rings. The van der Waals surface area contributed by atoms with Crippen molar-refractivity contribution in [1.82, 2.24) is 4.90 Å². The molecule has 6 nitrogen and oxygen atoms in total. The van der Waals surface area contributed by atoms with E-state index in [1.807, 2.05) is 0 Å². The molecule has 2 N–H and O–H groups in total. The van der Waals surface area contributed by atoms with Crippen LogP contribution in [0.5, 0.6) is 0 Å². The highest BCUT2D eigenvalue weighted by atomic mass is 16.4. The van der Waals surface area contributed by atoms with Crippen molar-refractivity contribution in [3.05, 3.63) is 35.4 Å². The molecule has 1 aromatic carbocycles. The van der Waals surface area contributed by atoms with Crippen LogP contribution in [0.1, 0.15) is 33.6 Å². The molecule has 0 spiro atoms. The summed E-state index contributed by atoms with van der Waals surface area (Å²) in [6, 6.07) is 6.24. The second kappa shape index (κ2) is 4.58. The van der Waals surface area contributed by atoms with Crippen LogP contribution >= 0.6 is 0 Å². The predicted molar refractivity (Wildman–Crippen MR) is 59.8 cm³/mol. The zero-order valence-corrected chi connectivity index (χ0v) is 9.37. The van der Waals surface area contributed by atoms with Gasteiger partial charge in [0.15, 0.2) is 0 Å². The number of amides is 2. The van der Waals surface area contributed by atoms with Crippen LogP contribution in [0, 0.1) is 0 Å². The van der Waals surface area contributed by atoms with Gasteiger partial charge in [0, 0.05) is 12.8 Å². The molecule has 0 saturated heterocycles. The van der Waals surface area contributed by atoms with Crippen LogP contribution in [0.2, 0.25) is 0 Å². The van der Waals surface area contributed by atoms with Crippen LogP contribution in [-0.2, 0) is 4.79 Å². The first-order valence-corrected chi connectivity index (χ1v) is 5.39. The van der Waals surface area contributed by atoms with E-state index in [4.69, 9.17) is 5.11 Å². The van der Waals surface area contributed by atoms with Gasteiger partial charge in [0.2, 0.25) is 0 Å². The van der Waals surface area contributed by atoms with Gasteiger partial charge in [0.05, 0.1) is 11.1 Å².